The molecule has 8 heteroatoms. The summed E-state index contributed by atoms with van der Waals surface area (Å²) < 4.78 is 16.2. The number of amides is 2. The number of anilines is 2. The third-order valence-corrected chi connectivity index (χ3v) is 5.35. The maximum atomic E-state index is 12.5. The first-order valence-corrected chi connectivity index (χ1v) is 10.7. The molecule has 2 heterocycles. The first-order valence-electron chi connectivity index (χ1n) is 10.3. The lowest BCUT2D eigenvalue weighted by molar-refractivity contribution is -0.111. The predicted molar refractivity (Wildman–Crippen MR) is 131 cm³/mol. The zero-order valence-electron chi connectivity index (χ0n) is 18.4. The van der Waals surface area contributed by atoms with E-state index >= 15 is 0 Å². The molecule has 0 aliphatic carbocycles. The molecule has 2 N–H and O–H groups in total. The lowest BCUT2D eigenvalue weighted by Gasteiger charge is -2.11. The number of halogens is 1. The maximum Gasteiger partial charge on any atom is 0.291 e. The smallest absolute Gasteiger partial charge is 0.291 e. The van der Waals surface area contributed by atoms with E-state index in [0.29, 0.717) is 33.7 Å². The van der Waals surface area contributed by atoms with Crippen LogP contribution >= 0.6 is 11.6 Å². The third-order valence-electron chi connectivity index (χ3n) is 4.94. The van der Waals surface area contributed by atoms with Crippen LogP contribution in [0.5, 0.6) is 5.75 Å². The second-order valence-corrected chi connectivity index (χ2v) is 7.74. The number of benzene rings is 2. The zero-order valence-corrected chi connectivity index (χ0v) is 19.2. The summed E-state index contributed by atoms with van der Waals surface area (Å²) in [6.45, 7) is 1.93. The Balaban J connectivity index is 1.44. The van der Waals surface area contributed by atoms with Gasteiger partial charge < -0.3 is 24.2 Å². The van der Waals surface area contributed by atoms with Gasteiger partial charge in [-0.3, -0.25) is 9.59 Å². The quantitative estimate of drug-likeness (QED) is 0.300. The molecule has 4 rings (SSSR count). The number of hydrogen-bond donors (Lipinski definition) is 2. The average Bonchev–Trinajstić information content (AvgIpc) is 3.52. The normalized spacial score (nSPS) is 10.9. The molecular formula is C26H21ClN2O5. The van der Waals surface area contributed by atoms with Crippen molar-refractivity contribution in [2.45, 2.75) is 6.92 Å². The molecule has 0 saturated carbocycles. The van der Waals surface area contributed by atoms with Gasteiger partial charge in [0.15, 0.2) is 5.76 Å². The molecule has 0 aliphatic rings. The number of methoxy groups -OCH3 is 1. The minimum Gasteiger partial charge on any atom is -0.495 e. The predicted octanol–water partition coefficient (Wildman–Crippen LogP) is 6.41. The first kappa shape index (κ1) is 22.9. The highest BCUT2D eigenvalue weighted by Crippen LogP contribution is 2.29. The minimum absolute atomic E-state index is 0.176. The fourth-order valence-corrected chi connectivity index (χ4v) is 3.34. The maximum absolute atomic E-state index is 12.5. The standard InChI is InChI=1S/C26H21ClN2O5/c1-16-5-6-17(14-20(16)27)22-11-8-19(34-22)9-12-25(30)29-21-15-18(7-10-23(21)32-2)28-26(31)24-4-3-13-33-24/h3-15H,1-2H3,(H,28,31)(H,29,30)/b12-9-. The van der Waals surface area contributed by atoms with E-state index in [1.807, 2.05) is 31.2 Å². The molecule has 0 fully saturated rings. The Kier molecular flexibility index (Phi) is 6.85. The van der Waals surface area contributed by atoms with Crippen molar-refractivity contribution < 1.29 is 23.2 Å². The van der Waals surface area contributed by atoms with Gasteiger partial charge in [-0.2, -0.15) is 0 Å². The lowest BCUT2D eigenvalue weighted by atomic mass is 10.1. The van der Waals surface area contributed by atoms with Gasteiger partial charge in [0.25, 0.3) is 5.91 Å². The van der Waals surface area contributed by atoms with E-state index in [-0.39, 0.29) is 5.76 Å². The number of nitrogens with one attached hydrogen (secondary N) is 2. The summed E-state index contributed by atoms with van der Waals surface area (Å²) in [5.74, 6) is 0.959. The molecule has 0 unspecified atom stereocenters. The molecule has 2 aromatic carbocycles. The lowest BCUT2D eigenvalue weighted by Crippen LogP contribution is -2.12. The molecule has 0 spiro atoms. The van der Waals surface area contributed by atoms with E-state index < -0.39 is 11.8 Å². The van der Waals surface area contributed by atoms with Gasteiger partial charge in [-0.15, -0.1) is 0 Å². The average molecular weight is 477 g/mol. The van der Waals surface area contributed by atoms with Crippen molar-refractivity contribution in [3.05, 3.63) is 95.1 Å². The molecule has 4 aromatic rings. The van der Waals surface area contributed by atoms with Crippen LogP contribution in [0.25, 0.3) is 17.4 Å². The van der Waals surface area contributed by atoms with Crippen molar-refractivity contribution in [1.29, 1.82) is 0 Å². The van der Waals surface area contributed by atoms with Crippen LogP contribution in [0.2, 0.25) is 5.02 Å². The first-order chi connectivity index (χ1) is 16.4. The van der Waals surface area contributed by atoms with Crippen molar-refractivity contribution in [3.63, 3.8) is 0 Å². The Labute approximate surface area is 201 Å². The second kappa shape index (κ2) is 10.1. The molecule has 0 atom stereocenters. The molecular weight excluding hydrogens is 456 g/mol. The van der Waals surface area contributed by atoms with Crippen LogP contribution in [-0.4, -0.2) is 18.9 Å². The molecule has 172 valence electrons. The summed E-state index contributed by atoms with van der Waals surface area (Å²) in [6.07, 6.45) is 4.32. The minimum atomic E-state index is -0.407. The van der Waals surface area contributed by atoms with Crippen LogP contribution in [-0.2, 0) is 4.79 Å². The third kappa shape index (κ3) is 5.39. The molecule has 0 aliphatic heterocycles. The van der Waals surface area contributed by atoms with E-state index in [1.165, 1.54) is 19.4 Å². The van der Waals surface area contributed by atoms with Crippen LogP contribution in [0, 0.1) is 6.92 Å². The van der Waals surface area contributed by atoms with Gasteiger partial charge in [-0.05, 0) is 67.1 Å². The second-order valence-electron chi connectivity index (χ2n) is 7.34. The molecule has 7 nitrogen and oxygen atoms in total. The highest BCUT2D eigenvalue weighted by atomic mass is 35.5. The number of carbonyl (C=O) groups is 2. The van der Waals surface area contributed by atoms with Crippen molar-refractivity contribution >= 4 is 40.9 Å². The molecule has 2 amide bonds. The summed E-state index contributed by atoms with van der Waals surface area (Å²) in [5, 5.41) is 6.11. The molecule has 0 radical (unpaired) electrons. The van der Waals surface area contributed by atoms with E-state index in [1.54, 1.807) is 42.5 Å². The van der Waals surface area contributed by atoms with Crippen molar-refractivity contribution in [2.24, 2.45) is 0 Å². The summed E-state index contributed by atoms with van der Waals surface area (Å²) in [5.41, 5.74) is 2.68. The van der Waals surface area contributed by atoms with E-state index in [9.17, 15) is 9.59 Å². The fourth-order valence-electron chi connectivity index (χ4n) is 3.16. The molecule has 34 heavy (non-hydrogen) atoms. The number of carbonyl (C=O) groups excluding carboxylic acids is 2. The number of ether oxygens (including phenoxy) is 1. The van der Waals surface area contributed by atoms with Crippen LogP contribution in [0.1, 0.15) is 21.9 Å². The van der Waals surface area contributed by atoms with Crippen LogP contribution < -0.4 is 15.4 Å². The number of hydrogen-bond acceptors (Lipinski definition) is 5. The Morgan fingerprint density at radius 3 is 2.62 bits per heavy atom. The SMILES string of the molecule is COc1ccc(NC(=O)c2ccco2)cc1NC(=O)/C=C\c1ccc(-c2ccc(C)c(Cl)c2)o1. The van der Waals surface area contributed by atoms with Gasteiger partial charge >= 0.3 is 0 Å². The number of rotatable bonds is 7. The van der Waals surface area contributed by atoms with E-state index in [2.05, 4.69) is 10.6 Å². The van der Waals surface area contributed by atoms with Gasteiger partial charge in [-0.1, -0.05) is 23.7 Å². The summed E-state index contributed by atoms with van der Waals surface area (Å²) in [7, 11) is 1.49. The Hall–Kier alpha value is -4.23. The number of aryl methyl sites for hydroxylation is 1. The van der Waals surface area contributed by atoms with Crippen LogP contribution in [0.3, 0.4) is 0 Å². The highest BCUT2D eigenvalue weighted by Gasteiger charge is 2.12. The Morgan fingerprint density at radius 1 is 1.03 bits per heavy atom. The highest BCUT2D eigenvalue weighted by molar-refractivity contribution is 6.31. The topological polar surface area (TPSA) is 93.7 Å². The summed E-state index contributed by atoms with van der Waals surface area (Å²) in [6, 6.07) is 17.3. The van der Waals surface area contributed by atoms with Crippen molar-refractivity contribution in [3.8, 4) is 17.1 Å². The van der Waals surface area contributed by atoms with Crippen LogP contribution in [0.4, 0.5) is 11.4 Å². The van der Waals surface area contributed by atoms with Crippen LogP contribution in [0.15, 0.2) is 81.8 Å². The monoisotopic (exact) mass is 476 g/mol. The largest absolute Gasteiger partial charge is 0.495 e. The fraction of sp³-hybridized carbons (Fsp3) is 0.0769. The van der Waals surface area contributed by atoms with Gasteiger partial charge in [0.1, 0.15) is 17.3 Å². The Morgan fingerprint density at radius 2 is 1.88 bits per heavy atom. The number of furan rings is 2. The molecule has 0 saturated heterocycles. The van der Waals surface area contributed by atoms with E-state index in [0.717, 1.165) is 11.1 Å². The molecule has 0 bridgehead atoms. The molecule has 2 aromatic heterocycles. The Bertz CT molecular complexity index is 1360. The summed E-state index contributed by atoms with van der Waals surface area (Å²) >= 11 is 6.19. The van der Waals surface area contributed by atoms with Gasteiger partial charge in [0, 0.05) is 22.3 Å². The van der Waals surface area contributed by atoms with Crippen molar-refractivity contribution in [1.82, 2.24) is 0 Å². The van der Waals surface area contributed by atoms with Gasteiger partial charge in [0.2, 0.25) is 5.91 Å². The van der Waals surface area contributed by atoms with E-state index in [4.69, 9.17) is 25.2 Å². The van der Waals surface area contributed by atoms with Gasteiger partial charge in [-0.25, -0.2) is 0 Å². The van der Waals surface area contributed by atoms with Crippen molar-refractivity contribution in [2.75, 3.05) is 17.7 Å². The summed E-state index contributed by atoms with van der Waals surface area (Å²) in [4.78, 5) is 24.7. The zero-order chi connectivity index (χ0) is 24.1. The van der Waals surface area contributed by atoms with Gasteiger partial charge in [0.05, 0.1) is 19.1 Å².